The summed E-state index contributed by atoms with van der Waals surface area (Å²) in [6.07, 6.45) is 4.49. The first-order chi connectivity index (χ1) is 11.5. The molecular formula is C16H13F3N4O. The van der Waals surface area contributed by atoms with Gasteiger partial charge in [0, 0.05) is 17.8 Å². The Balaban J connectivity index is 1.59. The molecule has 8 heteroatoms. The van der Waals surface area contributed by atoms with E-state index in [0.717, 1.165) is 12.8 Å². The molecule has 0 radical (unpaired) electrons. The van der Waals surface area contributed by atoms with E-state index < -0.39 is 11.9 Å². The summed E-state index contributed by atoms with van der Waals surface area (Å²) in [5.41, 5.74) is 0.367. The van der Waals surface area contributed by atoms with Gasteiger partial charge in [-0.15, -0.1) is 10.2 Å². The summed E-state index contributed by atoms with van der Waals surface area (Å²) in [6, 6.07) is 3.51. The number of alkyl halides is 3. The lowest BCUT2D eigenvalue weighted by molar-refractivity contribution is -0.0609. The molecule has 0 atom stereocenters. The highest BCUT2D eigenvalue weighted by molar-refractivity contribution is 6.07. The number of hydrogen-bond acceptors (Lipinski definition) is 5. The fourth-order valence-corrected chi connectivity index (χ4v) is 2.43. The van der Waals surface area contributed by atoms with E-state index >= 15 is 0 Å². The minimum absolute atomic E-state index is 0.242. The highest BCUT2D eigenvalue weighted by atomic mass is 19.4. The molecule has 4 rings (SSSR count). The Morgan fingerprint density at radius 2 is 2.00 bits per heavy atom. The zero-order valence-corrected chi connectivity index (χ0v) is 12.5. The van der Waals surface area contributed by atoms with Crippen LogP contribution in [0.15, 0.2) is 46.8 Å². The molecule has 3 heterocycles. The number of hydrogen-bond donors (Lipinski definition) is 0. The van der Waals surface area contributed by atoms with Gasteiger partial charge in [-0.25, -0.2) is 4.98 Å². The normalized spacial score (nSPS) is 20.1. The quantitative estimate of drug-likeness (QED) is 0.853. The largest absolute Gasteiger partial charge is 0.474 e. The first-order valence-electron chi connectivity index (χ1n) is 7.51. The predicted molar refractivity (Wildman–Crippen MR) is 82.6 cm³/mol. The summed E-state index contributed by atoms with van der Waals surface area (Å²) < 4.78 is 44.3. The highest BCUT2D eigenvalue weighted by Crippen LogP contribution is 2.30. The van der Waals surface area contributed by atoms with Gasteiger partial charge < -0.3 is 9.64 Å². The first kappa shape index (κ1) is 14.9. The molecule has 24 heavy (non-hydrogen) atoms. The Labute approximate surface area is 135 Å². The van der Waals surface area contributed by atoms with Crippen LogP contribution in [0.5, 0.6) is 5.88 Å². The molecule has 0 amide bonds. The lowest BCUT2D eigenvalue weighted by Crippen LogP contribution is -2.42. The van der Waals surface area contributed by atoms with Crippen LogP contribution >= 0.6 is 0 Å². The maximum absolute atomic E-state index is 12.9. The van der Waals surface area contributed by atoms with Crippen molar-refractivity contribution in [2.75, 3.05) is 6.54 Å². The minimum atomic E-state index is -4.50. The van der Waals surface area contributed by atoms with Crippen molar-refractivity contribution in [3.05, 3.63) is 42.1 Å². The minimum Gasteiger partial charge on any atom is -0.474 e. The van der Waals surface area contributed by atoms with Gasteiger partial charge in [0.05, 0.1) is 12.2 Å². The summed E-state index contributed by atoms with van der Waals surface area (Å²) in [5, 5.41) is 6.97. The maximum atomic E-state index is 12.9. The number of pyridine rings is 1. The molecule has 1 aliphatic carbocycles. The third-order valence-corrected chi connectivity index (χ3v) is 3.82. The predicted octanol–water partition coefficient (Wildman–Crippen LogP) is 3.17. The standard InChI is InChI=1S/C16H13F3N4O/c17-16(18,19)13-9-23-12(2-1-3-14(23)22-21-13)10-4-7-15(20-8-10)24-11-5-6-11/h1-4,7-8,11H,5-6,9H2. The second-order valence-electron chi connectivity index (χ2n) is 5.70. The Hall–Kier alpha value is -2.64. The summed E-state index contributed by atoms with van der Waals surface area (Å²) in [5.74, 6) is 0.900. The lowest BCUT2D eigenvalue weighted by atomic mass is 10.1. The summed E-state index contributed by atoms with van der Waals surface area (Å²) in [4.78, 5) is 5.71. The van der Waals surface area contributed by atoms with Crippen molar-refractivity contribution < 1.29 is 17.9 Å². The van der Waals surface area contributed by atoms with E-state index in [1.165, 1.54) is 4.90 Å². The molecule has 1 aromatic rings. The Bertz CT molecular complexity index is 774. The number of allylic oxidation sites excluding steroid dienone is 2. The molecular weight excluding hydrogens is 321 g/mol. The van der Waals surface area contributed by atoms with Crippen LogP contribution in [0.4, 0.5) is 13.2 Å². The molecule has 1 saturated carbocycles. The van der Waals surface area contributed by atoms with E-state index in [1.807, 2.05) is 0 Å². The Morgan fingerprint density at radius 3 is 2.67 bits per heavy atom. The molecule has 1 aromatic heterocycles. The van der Waals surface area contributed by atoms with E-state index in [1.54, 1.807) is 36.6 Å². The molecule has 0 saturated heterocycles. The maximum Gasteiger partial charge on any atom is 0.433 e. The Kier molecular flexibility index (Phi) is 3.40. The molecule has 0 N–H and O–H groups in total. The van der Waals surface area contributed by atoms with Crippen LogP contribution in [0.1, 0.15) is 18.4 Å². The molecule has 3 aliphatic rings. The average molecular weight is 334 g/mol. The smallest absolute Gasteiger partial charge is 0.433 e. The molecule has 5 nitrogen and oxygen atoms in total. The average Bonchev–Trinajstić information content (AvgIpc) is 3.38. The van der Waals surface area contributed by atoms with Crippen molar-refractivity contribution >= 4 is 17.2 Å². The summed E-state index contributed by atoms with van der Waals surface area (Å²) >= 11 is 0. The third-order valence-electron chi connectivity index (χ3n) is 3.82. The van der Waals surface area contributed by atoms with Crippen LogP contribution in [-0.4, -0.2) is 40.3 Å². The fourth-order valence-electron chi connectivity index (χ4n) is 2.43. The molecule has 0 unspecified atom stereocenters. The second kappa shape index (κ2) is 5.47. The van der Waals surface area contributed by atoms with Crippen LogP contribution in [0.25, 0.3) is 5.70 Å². The third kappa shape index (κ3) is 2.91. The second-order valence-corrected chi connectivity index (χ2v) is 5.70. The van der Waals surface area contributed by atoms with Crippen molar-refractivity contribution in [1.29, 1.82) is 0 Å². The van der Waals surface area contributed by atoms with E-state index in [4.69, 9.17) is 4.74 Å². The number of aromatic nitrogens is 1. The molecule has 2 aliphatic heterocycles. The van der Waals surface area contributed by atoms with Gasteiger partial charge >= 0.3 is 6.18 Å². The van der Waals surface area contributed by atoms with Gasteiger partial charge in [0.1, 0.15) is 6.10 Å². The van der Waals surface area contributed by atoms with Gasteiger partial charge in [-0.3, -0.25) is 0 Å². The van der Waals surface area contributed by atoms with Crippen molar-refractivity contribution in [2.24, 2.45) is 10.2 Å². The van der Waals surface area contributed by atoms with Gasteiger partial charge in [0.15, 0.2) is 11.5 Å². The fraction of sp³-hybridized carbons (Fsp3) is 0.312. The number of nitrogens with zero attached hydrogens (tertiary/aromatic N) is 4. The van der Waals surface area contributed by atoms with Crippen LogP contribution in [0.3, 0.4) is 0 Å². The van der Waals surface area contributed by atoms with Crippen LogP contribution in [0.2, 0.25) is 0 Å². The molecule has 1 fully saturated rings. The number of rotatable bonds is 3. The van der Waals surface area contributed by atoms with Crippen LogP contribution in [0, 0.1) is 0 Å². The Morgan fingerprint density at radius 1 is 1.17 bits per heavy atom. The molecule has 124 valence electrons. The first-order valence-corrected chi connectivity index (χ1v) is 7.51. The van der Waals surface area contributed by atoms with Gasteiger partial charge in [-0.05, 0) is 31.1 Å². The zero-order chi connectivity index (χ0) is 16.7. The van der Waals surface area contributed by atoms with Gasteiger partial charge in [-0.1, -0.05) is 6.08 Å². The van der Waals surface area contributed by atoms with E-state index in [9.17, 15) is 13.2 Å². The molecule has 0 aromatic carbocycles. The van der Waals surface area contributed by atoms with Gasteiger partial charge in [0.2, 0.25) is 5.88 Å². The SMILES string of the molecule is FC(F)(F)C1=NN=C2C=CC=C(c3ccc(OC4CC4)nc3)N2C1. The number of halogens is 3. The molecule has 0 spiro atoms. The van der Waals surface area contributed by atoms with E-state index in [-0.39, 0.29) is 12.6 Å². The monoisotopic (exact) mass is 334 g/mol. The number of fused-ring (bicyclic) bond motifs is 1. The van der Waals surface area contributed by atoms with Gasteiger partial charge in [-0.2, -0.15) is 13.2 Å². The van der Waals surface area contributed by atoms with Crippen LogP contribution < -0.4 is 4.74 Å². The number of amidine groups is 1. The summed E-state index contributed by atoms with van der Waals surface area (Å²) in [6.45, 7) is -0.376. The number of ether oxygens (including phenoxy) is 1. The van der Waals surface area contributed by atoms with Crippen molar-refractivity contribution in [2.45, 2.75) is 25.1 Å². The van der Waals surface area contributed by atoms with Gasteiger partial charge in [0.25, 0.3) is 0 Å². The van der Waals surface area contributed by atoms with E-state index in [0.29, 0.717) is 23.0 Å². The lowest BCUT2D eigenvalue weighted by Gasteiger charge is -2.31. The highest BCUT2D eigenvalue weighted by Gasteiger charge is 2.40. The van der Waals surface area contributed by atoms with Crippen molar-refractivity contribution in [3.8, 4) is 5.88 Å². The summed E-state index contributed by atoms with van der Waals surface area (Å²) in [7, 11) is 0. The topological polar surface area (TPSA) is 50.1 Å². The van der Waals surface area contributed by atoms with Crippen molar-refractivity contribution in [3.63, 3.8) is 0 Å². The van der Waals surface area contributed by atoms with E-state index in [2.05, 4.69) is 15.2 Å². The zero-order valence-electron chi connectivity index (χ0n) is 12.5. The van der Waals surface area contributed by atoms with Crippen molar-refractivity contribution in [1.82, 2.24) is 9.88 Å². The molecule has 0 bridgehead atoms. The van der Waals surface area contributed by atoms with Crippen LogP contribution in [-0.2, 0) is 0 Å².